The highest BCUT2D eigenvalue weighted by atomic mass is 16.2. The lowest BCUT2D eigenvalue weighted by molar-refractivity contribution is 0.590. The minimum atomic E-state index is -0.363. The van der Waals surface area contributed by atoms with Crippen molar-refractivity contribution in [2.24, 2.45) is 0 Å². The largest absolute Gasteiger partial charge is 0.282 e. The molecule has 414 valence electrons. The molecule has 2 aromatic heterocycles. The van der Waals surface area contributed by atoms with Gasteiger partial charge >= 0.3 is 0 Å². The van der Waals surface area contributed by atoms with Crippen LogP contribution in [0.3, 0.4) is 0 Å². The molecular formula is C82H64N2O2. The Morgan fingerprint density at radius 3 is 0.733 bits per heavy atom. The molecule has 0 fully saturated rings. The molecule has 4 nitrogen and oxygen atoms in total. The Labute approximate surface area is 502 Å². The van der Waals surface area contributed by atoms with E-state index >= 15 is 9.59 Å². The van der Waals surface area contributed by atoms with Crippen molar-refractivity contribution in [1.82, 2.24) is 9.03 Å². The van der Waals surface area contributed by atoms with Gasteiger partial charge in [-0.05, 0) is 182 Å². The first-order valence-corrected chi connectivity index (χ1v) is 29.7. The summed E-state index contributed by atoms with van der Waals surface area (Å²) in [6.07, 6.45) is 0. The van der Waals surface area contributed by atoms with Crippen LogP contribution in [0.25, 0.3) is 133 Å². The van der Waals surface area contributed by atoms with E-state index in [2.05, 4.69) is 296 Å². The van der Waals surface area contributed by atoms with Gasteiger partial charge in [-0.1, -0.05) is 272 Å². The van der Waals surface area contributed by atoms with Crippen LogP contribution in [0, 0.1) is 0 Å². The molecule has 0 aliphatic carbocycles. The van der Waals surface area contributed by atoms with Gasteiger partial charge in [-0.15, -0.1) is 0 Å². The van der Waals surface area contributed by atoms with Crippen molar-refractivity contribution >= 4 is 21.8 Å². The van der Waals surface area contributed by atoms with Gasteiger partial charge in [0.05, 0.1) is 21.8 Å². The van der Waals surface area contributed by atoms with Crippen LogP contribution >= 0.6 is 0 Å². The molecule has 14 aromatic rings. The molecule has 14 rings (SSSR count). The van der Waals surface area contributed by atoms with Crippen LogP contribution in [-0.2, 0) is 10.8 Å². The quantitative estimate of drug-likeness (QED) is 0.137. The zero-order chi connectivity index (χ0) is 58.8. The van der Waals surface area contributed by atoms with Crippen molar-refractivity contribution in [3.8, 4) is 111 Å². The number of hydrogen-bond acceptors (Lipinski definition) is 2. The van der Waals surface area contributed by atoms with E-state index < -0.39 is 0 Å². The molecule has 0 atom stereocenters. The van der Waals surface area contributed by atoms with Gasteiger partial charge in [0.25, 0.3) is 11.1 Å². The van der Waals surface area contributed by atoms with E-state index in [1.807, 2.05) is 28.8 Å². The van der Waals surface area contributed by atoms with E-state index in [1.165, 1.54) is 15.6 Å². The van der Waals surface area contributed by atoms with Crippen molar-refractivity contribution in [1.29, 1.82) is 0 Å². The van der Waals surface area contributed by atoms with Gasteiger partial charge in [-0.3, -0.25) is 9.59 Å². The van der Waals surface area contributed by atoms with Gasteiger partial charge in [0.15, 0.2) is 0 Å². The topological polar surface area (TPSA) is 43.0 Å². The normalized spacial score (nSPS) is 11.9. The maximum absolute atomic E-state index is 15.5. The molecule has 0 radical (unpaired) electrons. The summed E-state index contributed by atoms with van der Waals surface area (Å²) in [5, 5.41) is 0.930. The van der Waals surface area contributed by atoms with Gasteiger partial charge in [-0.2, -0.15) is 4.52 Å². The summed E-state index contributed by atoms with van der Waals surface area (Å²) in [5.41, 5.74) is 23.8. The minimum absolute atomic E-state index is 0.219. The summed E-state index contributed by atoms with van der Waals surface area (Å²) < 4.78 is 3.19. The highest BCUT2D eigenvalue weighted by Gasteiger charge is 2.29. The first-order chi connectivity index (χ1) is 41.8. The monoisotopic (exact) mass is 1110 g/mol. The molecule has 86 heavy (non-hydrogen) atoms. The summed E-state index contributed by atoms with van der Waals surface area (Å²) in [4.78, 5) is 31.0. The lowest BCUT2D eigenvalue weighted by Gasteiger charge is -2.26. The highest BCUT2D eigenvalue weighted by molar-refractivity contribution is 6.06. The Morgan fingerprint density at radius 1 is 0.233 bits per heavy atom. The van der Waals surface area contributed by atoms with Gasteiger partial charge in [0, 0.05) is 0 Å². The molecule has 0 unspecified atom stereocenters. The summed E-state index contributed by atoms with van der Waals surface area (Å²) in [6.45, 7) is 13.6. The van der Waals surface area contributed by atoms with Crippen LogP contribution in [0.4, 0.5) is 0 Å². The molecule has 0 aliphatic rings. The summed E-state index contributed by atoms with van der Waals surface area (Å²) in [7, 11) is 0. The fourth-order valence-electron chi connectivity index (χ4n) is 12.9. The molecule has 12 aromatic carbocycles. The van der Waals surface area contributed by atoms with Gasteiger partial charge in [-0.25, -0.2) is 4.52 Å². The molecule has 0 aliphatic heterocycles. The lowest BCUT2D eigenvalue weighted by Crippen LogP contribution is -2.21. The average Bonchev–Trinajstić information content (AvgIpc) is 1.55. The van der Waals surface area contributed by atoms with Gasteiger partial charge in [0.1, 0.15) is 0 Å². The van der Waals surface area contributed by atoms with Crippen molar-refractivity contribution in [2.75, 3.05) is 0 Å². The van der Waals surface area contributed by atoms with Gasteiger partial charge in [0.2, 0.25) is 0 Å². The van der Waals surface area contributed by atoms with E-state index in [0.29, 0.717) is 21.8 Å². The lowest BCUT2D eigenvalue weighted by atomic mass is 9.77. The van der Waals surface area contributed by atoms with Crippen LogP contribution in [0.5, 0.6) is 0 Å². The molecule has 0 N–H and O–H groups in total. The van der Waals surface area contributed by atoms with Crippen molar-refractivity contribution in [3.63, 3.8) is 0 Å². The fourth-order valence-corrected chi connectivity index (χ4v) is 12.9. The number of aromatic nitrogens is 2. The van der Waals surface area contributed by atoms with E-state index in [-0.39, 0.29) is 21.9 Å². The number of hydrogen-bond donors (Lipinski definition) is 0. The minimum Gasteiger partial charge on any atom is -0.267 e. The molecule has 2 heterocycles. The third-order valence-electron chi connectivity index (χ3n) is 17.3. The average molecular weight is 1110 g/mol. The highest BCUT2D eigenvalue weighted by Crippen LogP contribution is 2.50. The second-order valence-corrected chi connectivity index (χ2v) is 24.7. The third kappa shape index (κ3) is 9.35. The molecular weight excluding hydrogens is 1040 g/mol. The Kier molecular flexibility index (Phi) is 13.3. The van der Waals surface area contributed by atoms with Crippen LogP contribution < -0.4 is 11.1 Å². The van der Waals surface area contributed by atoms with Gasteiger partial charge < -0.3 is 0 Å². The second-order valence-electron chi connectivity index (χ2n) is 24.7. The molecule has 4 heteroatoms. The summed E-state index contributed by atoms with van der Waals surface area (Å²) in [5.74, 6) is 0. The Balaban J connectivity index is 1.02. The Morgan fingerprint density at radius 2 is 0.477 bits per heavy atom. The number of nitrogens with zero attached hydrogens (tertiary/aromatic N) is 2. The predicted octanol–water partition coefficient (Wildman–Crippen LogP) is 20.8. The number of benzene rings is 12. The van der Waals surface area contributed by atoms with Crippen LogP contribution in [0.1, 0.15) is 52.7 Å². The van der Waals surface area contributed by atoms with E-state index in [0.717, 1.165) is 111 Å². The smallest absolute Gasteiger partial charge is 0.267 e. The van der Waals surface area contributed by atoms with Crippen LogP contribution in [0.2, 0.25) is 0 Å². The fraction of sp³-hybridized carbons (Fsp3) is 0.0976. The molecule has 0 saturated carbocycles. The zero-order valence-corrected chi connectivity index (χ0v) is 49.3. The second kappa shape index (κ2) is 21.3. The molecule has 0 bridgehead atoms. The maximum Gasteiger partial charge on any atom is 0.282 e. The van der Waals surface area contributed by atoms with Crippen molar-refractivity contribution < 1.29 is 0 Å². The van der Waals surface area contributed by atoms with Crippen LogP contribution in [0.15, 0.2) is 289 Å². The summed E-state index contributed by atoms with van der Waals surface area (Å²) in [6, 6.07) is 98.7. The number of rotatable bonds is 10. The van der Waals surface area contributed by atoms with Crippen molar-refractivity contribution in [2.45, 2.75) is 52.4 Å². The SMILES string of the molecule is CC(C)(C)c1cc(-c2ccccc2-c2ccccc2)c(-c2ccc3c(c2)c(=O)n2c(=O)c4cc(-c5c(-c6ccccc6-c6ccccc6)cc(C(C)(C)C)cc5-c5ccccc5-c5ccccc5)ccc4n32)c(-c2ccccc2-c2ccccc2)c1. The molecule has 0 saturated heterocycles. The molecule has 0 amide bonds. The Bertz CT molecular complexity index is 4500. The summed E-state index contributed by atoms with van der Waals surface area (Å²) >= 11 is 0. The number of fused-ring (bicyclic) bond motifs is 5. The van der Waals surface area contributed by atoms with E-state index in [4.69, 9.17) is 0 Å². The van der Waals surface area contributed by atoms with Crippen LogP contribution in [-0.4, -0.2) is 9.03 Å². The first kappa shape index (κ1) is 53.6. The zero-order valence-electron chi connectivity index (χ0n) is 49.3. The third-order valence-corrected chi connectivity index (χ3v) is 17.3. The Hall–Kier alpha value is -10.4. The molecule has 0 spiro atoms. The predicted molar refractivity (Wildman–Crippen MR) is 361 cm³/mol. The van der Waals surface area contributed by atoms with E-state index in [1.54, 1.807) is 0 Å². The standard InChI is InChI=1S/C82H64N2O2/c1-81(2,3)59-49-69(65-39-23-19-35-61(65)53-27-11-7-12-28-53)77(70(50-59)66-40-24-20-36-62(66)54-29-13-8-14-30-54)57-43-45-75-73(47-57)79(85)84-80(86)74-48-58(44-46-76(74)83(75)84)78-71(67-41-25-21-37-63(67)55-31-15-9-16-32-55)51-60(82(4,5)6)52-72(78)68-42-26-22-38-64(68)56-33-17-10-18-34-56/h7-52H,1-6H3. The van der Waals surface area contributed by atoms with E-state index in [9.17, 15) is 0 Å². The van der Waals surface area contributed by atoms with Crippen molar-refractivity contribution in [3.05, 3.63) is 311 Å². The first-order valence-electron chi connectivity index (χ1n) is 29.7. The maximum atomic E-state index is 15.5.